The molecule has 1 saturated heterocycles. The second-order valence-corrected chi connectivity index (χ2v) is 4.13. The van der Waals surface area contributed by atoms with Crippen molar-refractivity contribution >= 4 is 6.09 Å². The number of hydrogen-bond acceptors (Lipinski definition) is 2. The first-order valence-electron chi connectivity index (χ1n) is 5.30. The van der Waals surface area contributed by atoms with Crippen molar-refractivity contribution in [1.82, 2.24) is 5.32 Å². The summed E-state index contributed by atoms with van der Waals surface area (Å²) in [6.45, 7) is -0.322. The molecule has 0 aliphatic carbocycles. The van der Waals surface area contributed by atoms with Crippen molar-refractivity contribution in [3.8, 4) is 0 Å². The molecule has 110 valence electrons. The second kappa shape index (κ2) is 4.57. The molecule has 0 aromatic heterocycles. The van der Waals surface area contributed by atoms with Gasteiger partial charge in [-0.15, -0.1) is 0 Å². The zero-order valence-corrected chi connectivity index (χ0v) is 9.60. The molecule has 20 heavy (non-hydrogen) atoms. The average molecular weight is 299 g/mol. The van der Waals surface area contributed by atoms with E-state index in [1.165, 1.54) is 0 Å². The first kappa shape index (κ1) is 14.5. The molecule has 1 aliphatic heterocycles. The predicted octanol–water partition coefficient (Wildman–Crippen LogP) is 3.51. The molecule has 0 spiro atoms. The first-order chi connectivity index (χ1) is 9.07. The number of carbonyl (C=O) groups excluding carboxylic acids is 1. The minimum absolute atomic E-state index is 0.0289. The molecule has 0 bridgehead atoms. The number of carbonyl (C=O) groups is 1. The van der Waals surface area contributed by atoms with Gasteiger partial charge in [0.15, 0.2) is 0 Å². The molecule has 1 aromatic rings. The van der Waals surface area contributed by atoms with Crippen LogP contribution < -0.4 is 5.32 Å². The molecule has 1 fully saturated rings. The molecular weight excluding hydrogens is 292 g/mol. The van der Waals surface area contributed by atoms with Gasteiger partial charge in [0, 0.05) is 0 Å². The molecule has 1 aliphatic rings. The predicted molar refractivity (Wildman–Crippen MR) is 53.7 cm³/mol. The van der Waals surface area contributed by atoms with E-state index in [4.69, 9.17) is 0 Å². The minimum Gasteiger partial charge on any atom is -0.447 e. The Labute approximate surface area is 108 Å². The van der Waals surface area contributed by atoms with Crippen LogP contribution >= 0.6 is 0 Å². The molecule has 1 heterocycles. The highest BCUT2D eigenvalue weighted by Gasteiger charge is 2.38. The summed E-state index contributed by atoms with van der Waals surface area (Å²) >= 11 is 0. The van der Waals surface area contributed by atoms with Crippen molar-refractivity contribution in [3.05, 3.63) is 34.9 Å². The molecule has 1 atom stereocenters. The van der Waals surface area contributed by atoms with E-state index >= 15 is 0 Å². The molecule has 1 amide bonds. The summed E-state index contributed by atoms with van der Waals surface area (Å²) in [5, 5.41) is 2.13. The molecule has 1 N–H and O–H groups in total. The van der Waals surface area contributed by atoms with Crippen LogP contribution in [0.4, 0.5) is 31.1 Å². The SMILES string of the molecule is O=C1N[C@H](c2cc(C(F)(F)F)cc(C(F)(F)F)c2)CO1. The number of nitrogens with one attached hydrogen (secondary N) is 1. The summed E-state index contributed by atoms with van der Waals surface area (Å²) in [4.78, 5) is 10.8. The van der Waals surface area contributed by atoms with E-state index in [1.807, 2.05) is 0 Å². The van der Waals surface area contributed by atoms with E-state index in [0.717, 1.165) is 0 Å². The molecule has 3 nitrogen and oxygen atoms in total. The van der Waals surface area contributed by atoms with Crippen LogP contribution in [0.3, 0.4) is 0 Å². The lowest BCUT2D eigenvalue weighted by Gasteiger charge is -2.16. The molecule has 1 aromatic carbocycles. The molecule has 0 radical (unpaired) electrons. The number of hydrogen-bond donors (Lipinski definition) is 1. The zero-order chi connectivity index (χ0) is 15.1. The summed E-state index contributed by atoms with van der Waals surface area (Å²) in [6, 6.07) is 0.121. The number of benzene rings is 1. The fourth-order valence-electron chi connectivity index (χ4n) is 1.74. The van der Waals surface area contributed by atoms with Gasteiger partial charge in [-0.1, -0.05) is 0 Å². The van der Waals surface area contributed by atoms with Gasteiger partial charge in [-0.05, 0) is 23.8 Å². The number of rotatable bonds is 1. The summed E-state index contributed by atoms with van der Waals surface area (Å²) < 4.78 is 80.1. The van der Waals surface area contributed by atoms with E-state index in [9.17, 15) is 31.1 Å². The Morgan fingerprint density at radius 3 is 1.85 bits per heavy atom. The standard InChI is InChI=1S/C11H7F6NO2/c12-10(13,14)6-1-5(8-4-20-9(19)18-8)2-7(3-6)11(15,16)17/h1-3,8H,4H2,(H,18,19)/t8-/m0/s1. The van der Waals surface area contributed by atoms with Gasteiger partial charge in [0.1, 0.15) is 6.61 Å². The highest BCUT2D eigenvalue weighted by atomic mass is 19.4. The van der Waals surface area contributed by atoms with Crippen LogP contribution in [0.25, 0.3) is 0 Å². The lowest BCUT2D eigenvalue weighted by molar-refractivity contribution is -0.143. The van der Waals surface area contributed by atoms with Crippen molar-refractivity contribution in [2.24, 2.45) is 0 Å². The maximum absolute atomic E-state index is 12.6. The van der Waals surface area contributed by atoms with Gasteiger partial charge in [0.25, 0.3) is 0 Å². The van der Waals surface area contributed by atoms with Crippen LogP contribution in [0, 0.1) is 0 Å². The third kappa shape index (κ3) is 2.97. The summed E-state index contributed by atoms with van der Waals surface area (Å²) in [5.74, 6) is 0. The maximum Gasteiger partial charge on any atom is 0.416 e. The molecular formula is C11H7F6NO2. The van der Waals surface area contributed by atoms with E-state index < -0.39 is 35.6 Å². The van der Waals surface area contributed by atoms with Gasteiger partial charge in [-0.25, -0.2) is 4.79 Å². The van der Waals surface area contributed by atoms with Crippen LogP contribution in [0.15, 0.2) is 18.2 Å². The minimum atomic E-state index is -4.92. The van der Waals surface area contributed by atoms with E-state index in [1.54, 1.807) is 0 Å². The van der Waals surface area contributed by atoms with Crippen molar-refractivity contribution in [3.63, 3.8) is 0 Å². The first-order valence-corrected chi connectivity index (χ1v) is 5.30. The van der Waals surface area contributed by atoms with Crippen molar-refractivity contribution in [1.29, 1.82) is 0 Å². The van der Waals surface area contributed by atoms with Crippen LogP contribution in [0.5, 0.6) is 0 Å². The molecule has 0 unspecified atom stereocenters. The summed E-state index contributed by atoms with van der Waals surface area (Å²) in [7, 11) is 0. The highest BCUT2D eigenvalue weighted by Crippen LogP contribution is 2.37. The monoisotopic (exact) mass is 299 g/mol. The lowest BCUT2D eigenvalue weighted by atomic mass is 10.0. The van der Waals surface area contributed by atoms with Crippen molar-refractivity contribution < 1.29 is 35.9 Å². The van der Waals surface area contributed by atoms with Crippen molar-refractivity contribution in [2.75, 3.05) is 6.61 Å². The van der Waals surface area contributed by atoms with E-state index in [0.29, 0.717) is 12.1 Å². The van der Waals surface area contributed by atoms with Gasteiger partial charge in [-0.3, -0.25) is 0 Å². The summed E-state index contributed by atoms with van der Waals surface area (Å²) in [6.07, 6.45) is -10.7. The Balaban J connectivity index is 2.49. The van der Waals surface area contributed by atoms with E-state index in [2.05, 4.69) is 10.1 Å². The van der Waals surface area contributed by atoms with Crippen LogP contribution in [-0.2, 0) is 17.1 Å². The van der Waals surface area contributed by atoms with Crippen LogP contribution in [0.2, 0.25) is 0 Å². The summed E-state index contributed by atoms with van der Waals surface area (Å²) in [5.41, 5.74) is -3.16. The zero-order valence-electron chi connectivity index (χ0n) is 9.60. The average Bonchev–Trinajstić information content (AvgIpc) is 2.73. The quantitative estimate of drug-likeness (QED) is 0.806. The largest absolute Gasteiger partial charge is 0.447 e. The van der Waals surface area contributed by atoms with Crippen LogP contribution in [0.1, 0.15) is 22.7 Å². The Kier molecular flexibility index (Phi) is 3.31. The highest BCUT2D eigenvalue weighted by molar-refractivity contribution is 5.70. The lowest BCUT2D eigenvalue weighted by Crippen LogP contribution is -2.20. The van der Waals surface area contributed by atoms with Gasteiger partial charge in [-0.2, -0.15) is 26.3 Å². The third-order valence-electron chi connectivity index (χ3n) is 2.69. The Morgan fingerprint density at radius 1 is 1.00 bits per heavy atom. The Hall–Kier alpha value is -1.93. The van der Waals surface area contributed by atoms with E-state index in [-0.39, 0.29) is 18.2 Å². The van der Waals surface area contributed by atoms with Gasteiger partial charge >= 0.3 is 18.4 Å². The van der Waals surface area contributed by atoms with Gasteiger partial charge in [0.2, 0.25) is 0 Å². The maximum atomic E-state index is 12.6. The number of amides is 1. The smallest absolute Gasteiger partial charge is 0.416 e. The van der Waals surface area contributed by atoms with Crippen molar-refractivity contribution in [2.45, 2.75) is 18.4 Å². The Bertz CT molecular complexity index is 504. The van der Waals surface area contributed by atoms with Gasteiger partial charge < -0.3 is 10.1 Å². The number of alkyl carbamates (subject to hydrolysis) is 1. The second-order valence-electron chi connectivity index (χ2n) is 4.13. The number of cyclic esters (lactones) is 1. The normalized spacial score (nSPS) is 19.7. The molecule has 0 saturated carbocycles. The van der Waals surface area contributed by atoms with Crippen LogP contribution in [-0.4, -0.2) is 12.7 Å². The van der Waals surface area contributed by atoms with Gasteiger partial charge in [0.05, 0.1) is 17.2 Å². The number of halogens is 6. The fraction of sp³-hybridized carbons (Fsp3) is 0.364. The topological polar surface area (TPSA) is 38.3 Å². The Morgan fingerprint density at radius 2 is 1.50 bits per heavy atom. The third-order valence-corrected chi connectivity index (χ3v) is 2.69. The molecule has 2 rings (SSSR count). The molecule has 9 heteroatoms. The number of ether oxygens (including phenoxy) is 1. The fourth-order valence-corrected chi connectivity index (χ4v) is 1.74. The number of alkyl halides is 6.